The number of aromatic nitrogens is 1. The molecule has 86 valence electrons. The van der Waals surface area contributed by atoms with Crippen molar-refractivity contribution in [1.29, 1.82) is 0 Å². The van der Waals surface area contributed by atoms with Gasteiger partial charge in [0.15, 0.2) is 0 Å². The van der Waals surface area contributed by atoms with Crippen LogP contribution in [0.2, 0.25) is 5.02 Å². The van der Waals surface area contributed by atoms with Crippen LogP contribution in [0.4, 0.5) is 5.69 Å². The zero-order valence-corrected chi connectivity index (χ0v) is 9.49. The van der Waals surface area contributed by atoms with Crippen molar-refractivity contribution >= 4 is 29.0 Å². The number of amides is 1. The lowest BCUT2D eigenvalue weighted by molar-refractivity contribution is -0.112. The third-order valence-corrected chi connectivity index (χ3v) is 2.37. The van der Waals surface area contributed by atoms with Crippen LogP contribution < -0.4 is 5.32 Å². The van der Waals surface area contributed by atoms with Crippen LogP contribution >= 0.6 is 11.6 Å². The summed E-state index contributed by atoms with van der Waals surface area (Å²) in [6, 6.07) is 9.80. The van der Waals surface area contributed by atoms with Crippen LogP contribution in [0.5, 0.6) is 0 Å². The maximum atomic E-state index is 11.6. The predicted molar refractivity (Wildman–Crippen MR) is 65.2 cm³/mol. The predicted octanol–water partition coefficient (Wildman–Crippen LogP) is 2.49. The summed E-state index contributed by atoms with van der Waals surface area (Å²) < 4.78 is 0. The quantitative estimate of drug-likeness (QED) is 0.648. The van der Waals surface area contributed by atoms with Gasteiger partial charge in [-0.3, -0.25) is 9.59 Å². The van der Waals surface area contributed by atoms with E-state index >= 15 is 0 Å². The number of carbonyl (C=O) groups is 2. The molecule has 1 heterocycles. The molecule has 4 nitrogen and oxygen atoms in total. The average Bonchev–Trinajstić information content (AvgIpc) is 2.81. The van der Waals surface area contributed by atoms with Crippen molar-refractivity contribution in [2.75, 3.05) is 5.32 Å². The molecule has 2 N–H and O–H groups in total. The van der Waals surface area contributed by atoms with E-state index in [0.717, 1.165) is 0 Å². The Morgan fingerprint density at radius 2 is 2.00 bits per heavy atom. The zero-order chi connectivity index (χ0) is 12.3. The highest BCUT2D eigenvalue weighted by Crippen LogP contribution is 2.15. The fourth-order valence-corrected chi connectivity index (χ4v) is 1.54. The van der Waals surface area contributed by atoms with Crippen LogP contribution in [0.15, 0.2) is 42.6 Å². The fourth-order valence-electron chi connectivity index (χ4n) is 1.35. The van der Waals surface area contributed by atoms with Gasteiger partial charge in [-0.05, 0) is 30.3 Å². The number of ketones is 1. The molecule has 5 heteroatoms. The van der Waals surface area contributed by atoms with Gasteiger partial charge >= 0.3 is 0 Å². The molecule has 0 aliphatic carbocycles. The van der Waals surface area contributed by atoms with Crippen molar-refractivity contribution in [1.82, 2.24) is 4.98 Å². The molecule has 1 aromatic carbocycles. The van der Waals surface area contributed by atoms with Gasteiger partial charge in [0.1, 0.15) is 0 Å². The largest absolute Gasteiger partial charge is 0.358 e. The van der Waals surface area contributed by atoms with E-state index in [0.29, 0.717) is 10.7 Å². The van der Waals surface area contributed by atoms with Crippen molar-refractivity contribution < 1.29 is 9.59 Å². The van der Waals surface area contributed by atoms with Crippen LogP contribution in [-0.4, -0.2) is 16.7 Å². The Morgan fingerprint density at radius 3 is 2.65 bits per heavy atom. The first-order valence-corrected chi connectivity index (χ1v) is 5.29. The van der Waals surface area contributed by atoms with E-state index in [1.54, 1.807) is 42.6 Å². The molecular formula is C12H9ClN2O2. The highest BCUT2D eigenvalue weighted by atomic mass is 35.5. The molecule has 1 amide bonds. The van der Waals surface area contributed by atoms with Gasteiger partial charge in [-0.25, -0.2) is 0 Å². The first kappa shape index (κ1) is 11.4. The maximum Gasteiger partial charge on any atom is 0.298 e. The van der Waals surface area contributed by atoms with Gasteiger partial charge in [0.2, 0.25) is 0 Å². The van der Waals surface area contributed by atoms with E-state index in [9.17, 15) is 9.59 Å². The monoisotopic (exact) mass is 248 g/mol. The molecular weight excluding hydrogens is 240 g/mol. The first-order chi connectivity index (χ1) is 8.16. The standard InChI is InChI=1S/C12H9ClN2O2/c13-8-3-1-4-9(7-8)15-12(17)11(16)10-5-2-6-14-10/h1-7,14H,(H,15,17). The summed E-state index contributed by atoms with van der Waals surface area (Å²) in [4.78, 5) is 25.9. The summed E-state index contributed by atoms with van der Waals surface area (Å²) in [7, 11) is 0. The highest BCUT2D eigenvalue weighted by Gasteiger charge is 2.16. The molecule has 0 bridgehead atoms. The first-order valence-electron chi connectivity index (χ1n) is 4.91. The summed E-state index contributed by atoms with van der Waals surface area (Å²) in [6.45, 7) is 0. The Balaban J connectivity index is 2.10. The molecule has 0 aliphatic rings. The van der Waals surface area contributed by atoms with Crippen LogP contribution in [0.25, 0.3) is 0 Å². The van der Waals surface area contributed by atoms with Gasteiger partial charge in [0.25, 0.3) is 11.7 Å². The number of rotatable bonds is 3. The lowest BCUT2D eigenvalue weighted by Crippen LogP contribution is -2.23. The Morgan fingerprint density at radius 1 is 1.18 bits per heavy atom. The molecule has 2 aromatic rings. The number of hydrogen-bond acceptors (Lipinski definition) is 2. The van der Waals surface area contributed by atoms with Crippen LogP contribution in [0.3, 0.4) is 0 Å². The van der Waals surface area contributed by atoms with Crippen molar-refractivity contribution in [3.8, 4) is 0 Å². The Kier molecular flexibility index (Phi) is 3.25. The third-order valence-electron chi connectivity index (χ3n) is 2.13. The zero-order valence-electron chi connectivity index (χ0n) is 8.74. The minimum atomic E-state index is -0.699. The van der Waals surface area contributed by atoms with Crippen molar-refractivity contribution in [2.24, 2.45) is 0 Å². The minimum absolute atomic E-state index is 0.254. The Hall–Kier alpha value is -2.07. The summed E-state index contributed by atoms with van der Waals surface area (Å²) in [5, 5.41) is 2.97. The third kappa shape index (κ3) is 2.73. The van der Waals surface area contributed by atoms with Gasteiger partial charge in [-0.15, -0.1) is 0 Å². The molecule has 0 radical (unpaired) electrons. The van der Waals surface area contributed by atoms with Gasteiger partial charge in [-0.1, -0.05) is 17.7 Å². The van der Waals surface area contributed by atoms with E-state index in [2.05, 4.69) is 10.3 Å². The summed E-state index contributed by atoms with van der Waals surface area (Å²) in [5.74, 6) is -1.32. The van der Waals surface area contributed by atoms with E-state index in [-0.39, 0.29) is 5.69 Å². The number of H-pyrrole nitrogens is 1. The second-order valence-electron chi connectivity index (χ2n) is 3.38. The van der Waals surface area contributed by atoms with Crippen molar-refractivity contribution in [3.05, 3.63) is 53.3 Å². The molecule has 0 unspecified atom stereocenters. The Bertz CT molecular complexity index is 549. The summed E-state index contributed by atoms with van der Waals surface area (Å²) in [6.07, 6.45) is 1.58. The number of benzene rings is 1. The van der Waals surface area contributed by atoms with Crippen molar-refractivity contribution in [3.63, 3.8) is 0 Å². The number of Topliss-reactive ketones (excluding diaryl/α,β-unsaturated/α-hetero) is 1. The number of anilines is 1. The smallest absolute Gasteiger partial charge is 0.298 e. The molecule has 0 fully saturated rings. The van der Waals surface area contributed by atoms with Crippen LogP contribution in [-0.2, 0) is 4.79 Å². The van der Waals surface area contributed by atoms with E-state index in [1.165, 1.54) is 0 Å². The fraction of sp³-hybridized carbons (Fsp3) is 0. The molecule has 0 saturated heterocycles. The molecule has 0 aliphatic heterocycles. The van der Waals surface area contributed by atoms with Gasteiger partial charge in [0, 0.05) is 16.9 Å². The molecule has 0 atom stereocenters. The maximum absolute atomic E-state index is 11.6. The number of halogens is 1. The number of carbonyl (C=O) groups excluding carboxylic acids is 2. The van der Waals surface area contributed by atoms with E-state index in [4.69, 9.17) is 11.6 Å². The summed E-state index contributed by atoms with van der Waals surface area (Å²) in [5.41, 5.74) is 0.743. The average molecular weight is 249 g/mol. The van der Waals surface area contributed by atoms with Crippen LogP contribution in [0, 0.1) is 0 Å². The van der Waals surface area contributed by atoms with E-state index < -0.39 is 11.7 Å². The van der Waals surface area contributed by atoms with Gasteiger partial charge < -0.3 is 10.3 Å². The normalized spacial score (nSPS) is 9.94. The van der Waals surface area contributed by atoms with E-state index in [1.807, 2.05) is 0 Å². The number of aromatic amines is 1. The molecule has 2 rings (SSSR count). The lowest BCUT2D eigenvalue weighted by atomic mass is 10.2. The lowest BCUT2D eigenvalue weighted by Gasteiger charge is -2.03. The SMILES string of the molecule is O=C(Nc1cccc(Cl)c1)C(=O)c1ccc[nH]1. The molecule has 1 aromatic heterocycles. The topological polar surface area (TPSA) is 62.0 Å². The van der Waals surface area contributed by atoms with Crippen LogP contribution in [0.1, 0.15) is 10.5 Å². The Labute approximate surface area is 103 Å². The van der Waals surface area contributed by atoms with Gasteiger partial charge in [-0.2, -0.15) is 0 Å². The molecule has 0 spiro atoms. The summed E-state index contributed by atoms with van der Waals surface area (Å²) >= 11 is 5.77. The second-order valence-corrected chi connectivity index (χ2v) is 3.81. The van der Waals surface area contributed by atoms with Crippen molar-refractivity contribution in [2.45, 2.75) is 0 Å². The highest BCUT2D eigenvalue weighted by molar-refractivity contribution is 6.46. The number of hydrogen-bond donors (Lipinski definition) is 2. The molecule has 0 saturated carbocycles. The van der Waals surface area contributed by atoms with Gasteiger partial charge in [0.05, 0.1) is 5.69 Å². The minimum Gasteiger partial charge on any atom is -0.358 e. The molecule has 17 heavy (non-hydrogen) atoms. The second kappa shape index (κ2) is 4.84. The number of nitrogens with one attached hydrogen (secondary N) is 2.